The van der Waals surface area contributed by atoms with Crippen LogP contribution in [0.15, 0.2) is 22.9 Å². The van der Waals surface area contributed by atoms with Gasteiger partial charge in [-0.1, -0.05) is 0 Å². The van der Waals surface area contributed by atoms with Crippen molar-refractivity contribution in [3.63, 3.8) is 0 Å². The Balaban J connectivity index is 1.94. The van der Waals surface area contributed by atoms with Gasteiger partial charge in [0.25, 0.3) is 6.01 Å². The predicted molar refractivity (Wildman–Crippen MR) is 51.8 cm³/mol. The number of hydrogen-bond donors (Lipinski definition) is 1. The molecule has 0 saturated heterocycles. The Morgan fingerprint density at radius 1 is 1.57 bits per heavy atom. The van der Waals surface area contributed by atoms with Gasteiger partial charge < -0.3 is 9.73 Å². The van der Waals surface area contributed by atoms with E-state index < -0.39 is 0 Å². The van der Waals surface area contributed by atoms with E-state index in [-0.39, 0.29) is 0 Å². The molecule has 2 aromatic rings. The number of oxazole rings is 1. The molecule has 0 unspecified atom stereocenters. The molecule has 5 nitrogen and oxygen atoms in total. The van der Waals surface area contributed by atoms with Crippen molar-refractivity contribution in [2.24, 2.45) is 7.05 Å². The highest BCUT2D eigenvalue weighted by Crippen LogP contribution is 2.07. The van der Waals surface area contributed by atoms with Crippen molar-refractivity contribution in [1.29, 1.82) is 0 Å². The van der Waals surface area contributed by atoms with Gasteiger partial charge in [0, 0.05) is 13.2 Å². The van der Waals surface area contributed by atoms with Crippen LogP contribution in [-0.4, -0.2) is 14.8 Å². The van der Waals surface area contributed by atoms with E-state index in [0.29, 0.717) is 12.6 Å². The normalized spacial score (nSPS) is 10.4. The second kappa shape index (κ2) is 3.53. The standard InChI is InChI=1S/C9H12N4O/c1-7-6-14-9(11-7)10-5-8-3-4-13(2)12-8/h3-4,6H,5H2,1-2H3,(H,10,11). The van der Waals surface area contributed by atoms with E-state index in [0.717, 1.165) is 11.4 Å². The van der Waals surface area contributed by atoms with Crippen LogP contribution in [0.1, 0.15) is 11.4 Å². The quantitative estimate of drug-likeness (QED) is 0.797. The maximum Gasteiger partial charge on any atom is 0.295 e. The molecular weight excluding hydrogens is 180 g/mol. The fraction of sp³-hybridized carbons (Fsp3) is 0.333. The van der Waals surface area contributed by atoms with E-state index in [1.54, 1.807) is 10.9 Å². The van der Waals surface area contributed by atoms with Crippen LogP contribution in [0.25, 0.3) is 0 Å². The first-order valence-corrected chi connectivity index (χ1v) is 4.38. The predicted octanol–water partition coefficient (Wildman–Crippen LogP) is 1.33. The third-order valence-electron chi connectivity index (χ3n) is 1.81. The highest BCUT2D eigenvalue weighted by molar-refractivity contribution is 5.22. The SMILES string of the molecule is Cc1coc(NCc2ccn(C)n2)n1. The average molecular weight is 192 g/mol. The first kappa shape index (κ1) is 8.80. The molecule has 14 heavy (non-hydrogen) atoms. The number of aromatic nitrogens is 3. The molecule has 74 valence electrons. The van der Waals surface area contributed by atoms with E-state index >= 15 is 0 Å². The Hall–Kier alpha value is -1.78. The number of nitrogens with zero attached hydrogens (tertiary/aromatic N) is 3. The lowest BCUT2D eigenvalue weighted by Crippen LogP contribution is -2.01. The molecule has 0 spiro atoms. The molecule has 0 aliphatic carbocycles. The van der Waals surface area contributed by atoms with Crippen LogP contribution in [0.5, 0.6) is 0 Å². The molecule has 0 aliphatic heterocycles. The first-order chi connectivity index (χ1) is 6.74. The van der Waals surface area contributed by atoms with Gasteiger partial charge in [0.1, 0.15) is 6.26 Å². The lowest BCUT2D eigenvalue weighted by atomic mass is 10.4. The van der Waals surface area contributed by atoms with Crippen LogP contribution in [0.2, 0.25) is 0 Å². The average Bonchev–Trinajstić information content (AvgIpc) is 2.72. The number of hydrogen-bond acceptors (Lipinski definition) is 4. The van der Waals surface area contributed by atoms with Crippen LogP contribution in [0.4, 0.5) is 6.01 Å². The van der Waals surface area contributed by atoms with Gasteiger partial charge in [0.05, 0.1) is 17.9 Å². The van der Waals surface area contributed by atoms with Crippen molar-refractivity contribution in [3.8, 4) is 0 Å². The first-order valence-electron chi connectivity index (χ1n) is 4.38. The molecular formula is C9H12N4O. The van der Waals surface area contributed by atoms with Gasteiger partial charge in [-0.3, -0.25) is 4.68 Å². The minimum atomic E-state index is 0.535. The van der Waals surface area contributed by atoms with Crippen LogP contribution in [0.3, 0.4) is 0 Å². The lowest BCUT2D eigenvalue weighted by Gasteiger charge is -1.96. The van der Waals surface area contributed by atoms with Gasteiger partial charge in [-0.25, -0.2) is 0 Å². The van der Waals surface area contributed by atoms with Crippen molar-refractivity contribution in [2.75, 3.05) is 5.32 Å². The molecule has 0 fully saturated rings. The topological polar surface area (TPSA) is 55.9 Å². The van der Waals surface area contributed by atoms with Crippen molar-refractivity contribution in [1.82, 2.24) is 14.8 Å². The fourth-order valence-electron chi connectivity index (χ4n) is 1.16. The minimum absolute atomic E-state index is 0.535. The third kappa shape index (κ3) is 1.93. The van der Waals surface area contributed by atoms with Crippen LogP contribution >= 0.6 is 0 Å². The van der Waals surface area contributed by atoms with Crippen LogP contribution < -0.4 is 5.32 Å². The monoisotopic (exact) mass is 192 g/mol. The van der Waals surface area contributed by atoms with E-state index in [1.165, 1.54) is 0 Å². The zero-order valence-corrected chi connectivity index (χ0v) is 8.19. The Bertz CT molecular complexity index is 378. The van der Waals surface area contributed by atoms with E-state index in [2.05, 4.69) is 15.4 Å². The summed E-state index contributed by atoms with van der Waals surface area (Å²) in [6.45, 7) is 2.51. The molecule has 2 heterocycles. The molecule has 0 aliphatic rings. The van der Waals surface area contributed by atoms with E-state index in [4.69, 9.17) is 4.42 Å². The Morgan fingerprint density at radius 2 is 2.43 bits per heavy atom. The molecule has 5 heteroatoms. The molecule has 0 atom stereocenters. The maximum absolute atomic E-state index is 5.14. The van der Waals surface area contributed by atoms with Gasteiger partial charge in [0.15, 0.2) is 0 Å². The molecule has 0 bridgehead atoms. The molecule has 0 radical (unpaired) electrons. The van der Waals surface area contributed by atoms with Gasteiger partial charge in [-0.2, -0.15) is 10.1 Å². The van der Waals surface area contributed by atoms with E-state index in [1.807, 2.05) is 26.2 Å². The minimum Gasteiger partial charge on any atom is -0.432 e. The smallest absolute Gasteiger partial charge is 0.295 e. The van der Waals surface area contributed by atoms with Crippen molar-refractivity contribution in [2.45, 2.75) is 13.5 Å². The summed E-state index contributed by atoms with van der Waals surface area (Å²) in [5.74, 6) is 0. The van der Waals surface area contributed by atoms with Crippen molar-refractivity contribution < 1.29 is 4.42 Å². The van der Waals surface area contributed by atoms with Crippen LogP contribution in [0, 0.1) is 6.92 Å². The van der Waals surface area contributed by atoms with Crippen molar-refractivity contribution in [3.05, 3.63) is 29.9 Å². The summed E-state index contributed by atoms with van der Waals surface area (Å²) in [5, 5.41) is 7.26. The maximum atomic E-state index is 5.14. The zero-order chi connectivity index (χ0) is 9.97. The molecule has 2 rings (SSSR count). The van der Waals surface area contributed by atoms with E-state index in [9.17, 15) is 0 Å². The molecule has 2 aromatic heterocycles. The Kier molecular flexibility index (Phi) is 2.22. The van der Waals surface area contributed by atoms with Gasteiger partial charge in [0.2, 0.25) is 0 Å². The number of aryl methyl sites for hydroxylation is 2. The Morgan fingerprint density at radius 3 is 3.00 bits per heavy atom. The fourth-order valence-corrected chi connectivity index (χ4v) is 1.16. The summed E-state index contributed by atoms with van der Waals surface area (Å²) in [5.41, 5.74) is 1.83. The van der Waals surface area contributed by atoms with Crippen LogP contribution in [-0.2, 0) is 13.6 Å². The molecule has 0 saturated carbocycles. The largest absolute Gasteiger partial charge is 0.432 e. The Labute approximate surface area is 81.8 Å². The summed E-state index contributed by atoms with van der Waals surface area (Å²) in [4.78, 5) is 4.12. The molecule has 0 aromatic carbocycles. The van der Waals surface area contributed by atoms with Gasteiger partial charge >= 0.3 is 0 Å². The van der Waals surface area contributed by atoms with Gasteiger partial charge in [-0.15, -0.1) is 0 Å². The number of rotatable bonds is 3. The summed E-state index contributed by atoms with van der Waals surface area (Å²) < 4.78 is 6.90. The summed E-state index contributed by atoms with van der Waals surface area (Å²) in [6, 6.07) is 2.48. The second-order valence-corrected chi connectivity index (χ2v) is 3.13. The molecule has 1 N–H and O–H groups in total. The highest BCUT2D eigenvalue weighted by Gasteiger charge is 2.00. The lowest BCUT2D eigenvalue weighted by molar-refractivity contribution is 0.569. The summed E-state index contributed by atoms with van der Waals surface area (Å²) >= 11 is 0. The molecule has 0 amide bonds. The summed E-state index contributed by atoms with van der Waals surface area (Å²) in [6.07, 6.45) is 3.51. The number of anilines is 1. The summed E-state index contributed by atoms with van der Waals surface area (Å²) in [7, 11) is 1.89. The van der Waals surface area contributed by atoms with Crippen molar-refractivity contribution >= 4 is 6.01 Å². The zero-order valence-electron chi connectivity index (χ0n) is 8.19. The number of nitrogens with one attached hydrogen (secondary N) is 1. The third-order valence-corrected chi connectivity index (χ3v) is 1.81. The second-order valence-electron chi connectivity index (χ2n) is 3.13. The highest BCUT2D eigenvalue weighted by atomic mass is 16.4. The van der Waals surface area contributed by atoms with Gasteiger partial charge in [-0.05, 0) is 13.0 Å².